The van der Waals surface area contributed by atoms with Gasteiger partial charge in [0.05, 0.1) is 0 Å². The maximum atomic E-state index is 3.60. The minimum Gasteiger partial charge on any atom is -0.314 e. The SMILES string of the molecule is CCCCCCCC1(C(C)NCC)CC1. The molecule has 0 bridgehead atoms. The summed E-state index contributed by atoms with van der Waals surface area (Å²) in [6.45, 7) is 8.00. The zero-order chi connectivity index (χ0) is 11.1. The van der Waals surface area contributed by atoms with Crippen LogP contribution >= 0.6 is 0 Å². The van der Waals surface area contributed by atoms with Gasteiger partial charge in [-0.25, -0.2) is 0 Å². The van der Waals surface area contributed by atoms with Crippen molar-refractivity contribution in [2.24, 2.45) is 5.41 Å². The molecule has 15 heavy (non-hydrogen) atoms. The van der Waals surface area contributed by atoms with E-state index in [0.717, 1.165) is 12.6 Å². The van der Waals surface area contributed by atoms with Crippen molar-refractivity contribution in [1.82, 2.24) is 5.32 Å². The average Bonchev–Trinajstić information content (AvgIpc) is 2.99. The first-order valence-electron chi connectivity index (χ1n) is 6.98. The largest absolute Gasteiger partial charge is 0.314 e. The Morgan fingerprint density at radius 2 is 1.73 bits per heavy atom. The maximum Gasteiger partial charge on any atom is 0.00950 e. The van der Waals surface area contributed by atoms with Crippen molar-refractivity contribution < 1.29 is 0 Å². The zero-order valence-corrected chi connectivity index (χ0v) is 10.9. The normalized spacial score (nSPS) is 20.2. The lowest BCUT2D eigenvalue weighted by Crippen LogP contribution is -2.34. The van der Waals surface area contributed by atoms with E-state index in [1.807, 2.05) is 0 Å². The van der Waals surface area contributed by atoms with E-state index < -0.39 is 0 Å². The lowest BCUT2D eigenvalue weighted by atomic mass is 9.91. The summed E-state index contributed by atoms with van der Waals surface area (Å²) in [7, 11) is 0. The molecule has 0 spiro atoms. The van der Waals surface area contributed by atoms with Crippen LogP contribution in [0.15, 0.2) is 0 Å². The van der Waals surface area contributed by atoms with Crippen LogP contribution < -0.4 is 5.32 Å². The molecule has 0 aliphatic heterocycles. The van der Waals surface area contributed by atoms with Crippen molar-refractivity contribution >= 4 is 0 Å². The van der Waals surface area contributed by atoms with Crippen LogP contribution in [-0.4, -0.2) is 12.6 Å². The third-order valence-electron chi connectivity index (χ3n) is 4.10. The van der Waals surface area contributed by atoms with E-state index in [-0.39, 0.29) is 0 Å². The predicted octanol–water partition coefficient (Wildman–Crippen LogP) is 4.13. The zero-order valence-electron chi connectivity index (χ0n) is 10.9. The molecule has 0 aromatic carbocycles. The predicted molar refractivity (Wildman–Crippen MR) is 68.2 cm³/mol. The van der Waals surface area contributed by atoms with Crippen molar-refractivity contribution in [3.8, 4) is 0 Å². The topological polar surface area (TPSA) is 12.0 Å². The standard InChI is InChI=1S/C14H29N/c1-4-6-7-8-9-10-14(11-12-14)13(3)15-5-2/h13,15H,4-12H2,1-3H3. The summed E-state index contributed by atoms with van der Waals surface area (Å²) in [4.78, 5) is 0. The molecule has 0 radical (unpaired) electrons. The molecular formula is C14H29N. The van der Waals surface area contributed by atoms with Crippen molar-refractivity contribution in [2.45, 2.75) is 78.2 Å². The molecule has 90 valence electrons. The van der Waals surface area contributed by atoms with Gasteiger partial charge < -0.3 is 5.32 Å². The number of hydrogen-bond acceptors (Lipinski definition) is 1. The summed E-state index contributed by atoms with van der Waals surface area (Å²) >= 11 is 0. The average molecular weight is 211 g/mol. The van der Waals surface area contributed by atoms with Crippen LogP contribution in [0.4, 0.5) is 0 Å². The lowest BCUT2D eigenvalue weighted by Gasteiger charge is -2.24. The Morgan fingerprint density at radius 3 is 2.27 bits per heavy atom. The molecule has 0 aromatic heterocycles. The third-order valence-corrected chi connectivity index (χ3v) is 4.10. The number of unbranched alkanes of at least 4 members (excludes halogenated alkanes) is 4. The van der Waals surface area contributed by atoms with E-state index in [9.17, 15) is 0 Å². The molecule has 1 rings (SSSR count). The van der Waals surface area contributed by atoms with Crippen LogP contribution in [0.25, 0.3) is 0 Å². The Hall–Kier alpha value is -0.0400. The molecule has 0 saturated heterocycles. The van der Waals surface area contributed by atoms with Gasteiger partial charge in [0.15, 0.2) is 0 Å². The molecule has 1 atom stereocenters. The fourth-order valence-corrected chi connectivity index (χ4v) is 2.66. The fourth-order valence-electron chi connectivity index (χ4n) is 2.66. The first-order valence-corrected chi connectivity index (χ1v) is 6.98. The van der Waals surface area contributed by atoms with Crippen molar-refractivity contribution in [1.29, 1.82) is 0 Å². The molecule has 1 aliphatic carbocycles. The Kier molecular flexibility index (Phi) is 5.66. The van der Waals surface area contributed by atoms with E-state index in [1.165, 1.54) is 51.4 Å². The van der Waals surface area contributed by atoms with Gasteiger partial charge in [-0.2, -0.15) is 0 Å². The number of hydrogen-bond donors (Lipinski definition) is 1. The van der Waals surface area contributed by atoms with Crippen LogP contribution in [0.1, 0.15) is 72.1 Å². The maximum absolute atomic E-state index is 3.60. The minimum absolute atomic E-state index is 0.697. The van der Waals surface area contributed by atoms with Gasteiger partial charge in [-0.1, -0.05) is 46.0 Å². The van der Waals surface area contributed by atoms with E-state index in [2.05, 4.69) is 26.1 Å². The number of rotatable bonds is 9. The fraction of sp³-hybridized carbons (Fsp3) is 1.00. The van der Waals surface area contributed by atoms with Gasteiger partial charge >= 0.3 is 0 Å². The molecular weight excluding hydrogens is 182 g/mol. The van der Waals surface area contributed by atoms with Crippen LogP contribution in [0.3, 0.4) is 0 Å². The Morgan fingerprint density at radius 1 is 1.07 bits per heavy atom. The van der Waals surface area contributed by atoms with Crippen molar-refractivity contribution in [3.63, 3.8) is 0 Å². The molecule has 1 nitrogen and oxygen atoms in total. The molecule has 1 saturated carbocycles. The van der Waals surface area contributed by atoms with Crippen LogP contribution in [0, 0.1) is 5.41 Å². The second-order valence-electron chi connectivity index (χ2n) is 5.31. The Labute approximate surface area is 96.0 Å². The lowest BCUT2D eigenvalue weighted by molar-refractivity contribution is 0.323. The highest BCUT2D eigenvalue weighted by atomic mass is 14.9. The summed E-state index contributed by atoms with van der Waals surface area (Å²) in [5.74, 6) is 0. The summed E-state index contributed by atoms with van der Waals surface area (Å²) in [6.07, 6.45) is 11.5. The highest BCUT2D eigenvalue weighted by molar-refractivity contribution is 4.99. The van der Waals surface area contributed by atoms with Crippen LogP contribution in [0.2, 0.25) is 0 Å². The molecule has 1 heteroatoms. The highest BCUT2D eigenvalue weighted by Gasteiger charge is 2.45. The van der Waals surface area contributed by atoms with Gasteiger partial charge in [0.2, 0.25) is 0 Å². The number of nitrogens with one attached hydrogen (secondary N) is 1. The molecule has 1 N–H and O–H groups in total. The first kappa shape index (κ1) is 13.0. The van der Waals surface area contributed by atoms with Crippen LogP contribution in [-0.2, 0) is 0 Å². The summed E-state index contributed by atoms with van der Waals surface area (Å²) in [5, 5.41) is 3.60. The van der Waals surface area contributed by atoms with Crippen molar-refractivity contribution in [2.75, 3.05) is 6.54 Å². The van der Waals surface area contributed by atoms with E-state index in [4.69, 9.17) is 0 Å². The third kappa shape index (κ3) is 4.14. The molecule has 0 aromatic rings. The Bertz CT molecular complexity index is 161. The molecule has 0 amide bonds. The minimum atomic E-state index is 0.697. The summed E-state index contributed by atoms with van der Waals surface area (Å²) in [6, 6.07) is 0.744. The van der Waals surface area contributed by atoms with Gasteiger partial charge in [0.25, 0.3) is 0 Å². The van der Waals surface area contributed by atoms with E-state index in [0.29, 0.717) is 5.41 Å². The highest BCUT2D eigenvalue weighted by Crippen LogP contribution is 2.52. The van der Waals surface area contributed by atoms with Gasteiger partial charge in [0.1, 0.15) is 0 Å². The smallest absolute Gasteiger partial charge is 0.00950 e. The van der Waals surface area contributed by atoms with Gasteiger partial charge in [-0.05, 0) is 38.1 Å². The second-order valence-corrected chi connectivity index (χ2v) is 5.31. The monoisotopic (exact) mass is 211 g/mol. The van der Waals surface area contributed by atoms with E-state index >= 15 is 0 Å². The molecule has 1 unspecified atom stereocenters. The Balaban J connectivity index is 2.09. The quantitative estimate of drug-likeness (QED) is 0.566. The van der Waals surface area contributed by atoms with Gasteiger partial charge in [-0.15, -0.1) is 0 Å². The molecule has 1 aliphatic rings. The first-order chi connectivity index (χ1) is 7.25. The van der Waals surface area contributed by atoms with Gasteiger partial charge in [0, 0.05) is 6.04 Å². The van der Waals surface area contributed by atoms with Crippen LogP contribution in [0.5, 0.6) is 0 Å². The second kappa shape index (κ2) is 6.52. The van der Waals surface area contributed by atoms with Gasteiger partial charge in [-0.3, -0.25) is 0 Å². The summed E-state index contributed by atoms with van der Waals surface area (Å²) < 4.78 is 0. The van der Waals surface area contributed by atoms with Crippen molar-refractivity contribution in [3.05, 3.63) is 0 Å². The summed E-state index contributed by atoms with van der Waals surface area (Å²) in [5.41, 5.74) is 0.697. The molecule has 0 heterocycles. The van der Waals surface area contributed by atoms with E-state index in [1.54, 1.807) is 0 Å². The molecule has 1 fully saturated rings.